The van der Waals surface area contributed by atoms with Crippen LogP contribution in [0.2, 0.25) is 0 Å². The number of carboxylic acids is 1. The van der Waals surface area contributed by atoms with E-state index in [1.165, 1.54) is 6.07 Å². The van der Waals surface area contributed by atoms with E-state index in [1.807, 2.05) is 0 Å². The van der Waals surface area contributed by atoms with E-state index in [2.05, 4.69) is 10.2 Å². The van der Waals surface area contributed by atoms with Gasteiger partial charge in [0, 0.05) is 26.1 Å². The van der Waals surface area contributed by atoms with Crippen LogP contribution >= 0.6 is 0 Å². The first-order valence-corrected chi connectivity index (χ1v) is 6.62. The molecular weight excluding hydrogens is 258 g/mol. The molecule has 1 saturated heterocycles. The van der Waals surface area contributed by atoms with E-state index >= 15 is 0 Å². The third-order valence-corrected chi connectivity index (χ3v) is 3.73. The Kier molecular flexibility index (Phi) is 4.12. The lowest BCUT2D eigenvalue weighted by Crippen LogP contribution is -2.39. The van der Waals surface area contributed by atoms with Crippen molar-refractivity contribution in [3.8, 4) is 0 Å². The van der Waals surface area contributed by atoms with Gasteiger partial charge in [-0.25, -0.2) is 4.79 Å². The molecule has 20 heavy (non-hydrogen) atoms. The fraction of sp³-hybridized carbons (Fsp3) is 0.429. The number of benzene rings is 1. The molecule has 0 aliphatic carbocycles. The SMILES string of the molecule is CNC(=O)C1CCN(c2ccc(C(=O)O)cc2N)CC1. The number of hydrogen-bond donors (Lipinski definition) is 3. The number of piperidine rings is 1. The summed E-state index contributed by atoms with van der Waals surface area (Å²) in [6.07, 6.45) is 1.56. The molecule has 1 fully saturated rings. The van der Waals surface area contributed by atoms with Gasteiger partial charge in [-0.1, -0.05) is 0 Å². The van der Waals surface area contributed by atoms with Crippen molar-refractivity contribution in [1.29, 1.82) is 0 Å². The maximum absolute atomic E-state index is 11.6. The summed E-state index contributed by atoms with van der Waals surface area (Å²) >= 11 is 0. The fourth-order valence-corrected chi connectivity index (χ4v) is 2.56. The molecule has 0 saturated carbocycles. The molecule has 0 aromatic heterocycles. The van der Waals surface area contributed by atoms with Gasteiger partial charge in [-0.15, -0.1) is 0 Å². The number of nitrogens with two attached hydrogens (primary N) is 1. The van der Waals surface area contributed by atoms with Crippen molar-refractivity contribution in [2.45, 2.75) is 12.8 Å². The Labute approximate surface area is 117 Å². The number of nitrogens with one attached hydrogen (secondary N) is 1. The van der Waals surface area contributed by atoms with Gasteiger partial charge in [-0.05, 0) is 31.0 Å². The predicted octanol–water partition coefficient (Wildman–Crippen LogP) is 0.929. The Morgan fingerprint density at radius 1 is 1.35 bits per heavy atom. The van der Waals surface area contributed by atoms with Crippen LogP contribution < -0.4 is 16.0 Å². The molecule has 0 spiro atoms. The predicted molar refractivity (Wildman–Crippen MR) is 76.8 cm³/mol. The highest BCUT2D eigenvalue weighted by Crippen LogP contribution is 2.29. The molecule has 0 unspecified atom stereocenters. The van der Waals surface area contributed by atoms with E-state index in [4.69, 9.17) is 10.8 Å². The zero-order valence-corrected chi connectivity index (χ0v) is 11.4. The van der Waals surface area contributed by atoms with Crippen molar-refractivity contribution >= 4 is 23.3 Å². The summed E-state index contributed by atoms with van der Waals surface area (Å²) in [5.74, 6) is -0.851. The first kappa shape index (κ1) is 14.2. The third-order valence-electron chi connectivity index (χ3n) is 3.73. The highest BCUT2D eigenvalue weighted by Gasteiger charge is 2.25. The van der Waals surface area contributed by atoms with E-state index in [0.29, 0.717) is 5.69 Å². The molecule has 1 aromatic rings. The summed E-state index contributed by atoms with van der Waals surface area (Å²) < 4.78 is 0. The van der Waals surface area contributed by atoms with E-state index in [1.54, 1.807) is 19.2 Å². The van der Waals surface area contributed by atoms with Crippen molar-refractivity contribution in [3.63, 3.8) is 0 Å². The first-order valence-electron chi connectivity index (χ1n) is 6.62. The number of anilines is 2. The molecule has 2 rings (SSSR count). The molecule has 1 heterocycles. The van der Waals surface area contributed by atoms with Gasteiger partial charge in [-0.3, -0.25) is 4.79 Å². The van der Waals surface area contributed by atoms with Crippen molar-refractivity contribution in [3.05, 3.63) is 23.8 Å². The Morgan fingerprint density at radius 2 is 2.00 bits per heavy atom. The minimum atomic E-state index is -0.985. The summed E-state index contributed by atoms with van der Waals surface area (Å²) in [4.78, 5) is 24.6. The normalized spacial score (nSPS) is 15.9. The van der Waals surface area contributed by atoms with Crippen molar-refractivity contribution in [2.24, 2.45) is 5.92 Å². The molecular formula is C14H19N3O3. The molecule has 0 atom stereocenters. The van der Waals surface area contributed by atoms with E-state index in [0.717, 1.165) is 31.6 Å². The van der Waals surface area contributed by atoms with Crippen LogP contribution in [0.5, 0.6) is 0 Å². The molecule has 4 N–H and O–H groups in total. The number of aromatic carboxylic acids is 1. The van der Waals surface area contributed by atoms with Gasteiger partial charge in [0.25, 0.3) is 0 Å². The maximum atomic E-state index is 11.6. The average molecular weight is 277 g/mol. The zero-order chi connectivity index (χ0) is 14.7. The van der Waals surface area contributed by atoms with Crippen molar-refractivity contribution in [2.75, 3.05) is 30.8 Å². The second-order valence-electron chi connectivity index (χ2n) is 4.95. The lowest BCUT2D eigenvalue weighted by Gasteiger charge is -2.33. The maximum Gasteiger partial charge on any atom is 0.335 e. The van der Waals surface area contributed by atoms with E-state index in [-0.39, 0.29) is 17.4 Å². The number of nitrogen functional groups attached to an aromatic ring is 1. The number of rotatable bonds is 3. The van der Waals surface area contributed by atoms with Crippen molar-refractivity contribution < 1.29 is 14.7 Å². The number of carbonyl (C=O) groups is 2. The van der Waals surface area contributed by atoms with Gasteiger partial charge < -0.3 is 21.1 Å². The largest absolute Gasteiger partial charge is 0.478 e. The smallest absolute Gasteiger partial charge is 0.335 e. The van der Waals surface area contributed by atoms with Crippen LogP contribution in [0, 0.1) is 5.92 Å². The summed E-state index contributed by atoms with van der Waals surface area (Å²) in [7, 11) is 1.65. The van der Waals surface area contributed by atoms with Gasteiger partial charge in [0.15, 0.2) is 0 Å². The summed E-state index contributed by atoms with van der Waals surface area (Å²) in [5, 5.41) is 11.6. The van der Waals surface area contributed by atoms with Crippen LogP contribution in [0.4, 0.5) is 11.4 Å². The van der Waals surface area contributed by atoms with Gasteiger partial charge in [-0.2, -0.15) is 0 Å². The highest BCUT2D eigenvalue weighted by atomic mass is 16.4. The molecule has 1 aromatic carbocycles. The summed E-state index contributed by atoms with van der Waals surface area (Å²) in [6.45, 7) is 1.49. The molecule has 0 bridgehead atoms. The number of carbonyl (C=O) groups excluding carboxylic acids is 1. The highest BCUT2D eigenvalue weighted by molar-refractivity contribution is 5.90. The third kappa shape index (κ3) is 2.84. The number of nitrogens with zero attached hydrogens (tertiary/aromatic N) is 1. The minimum absolute atomic E-state index is 0.0516. The topological polar surface area (TPSA) is 95.7 Å². The van der Waals surface area contributed by atoms with E-state index in [9.17, 15) is 9.59 Å². The Hall–Kier alpha value is -2.24. The van der Waals surface area contributed by atoms with Crippen LogP contribution in [0.3, 0.4) is 0 Å². The second-order valence-corrected chi connectivity index (χ2v) is 4.95. The molecule has 1 aliphatic rings. The Morgan fingerprint density at radius 3 is 2.50 bits per heavy atom. The molecule has 6 nitrogen and oxygen atoms in total. The molecule has 1 amide bonds. The number of hydrogen-bond acceptors (Lipinski definition) is 4. The van der Waals surface area contributed by atoms with Gasteiger partial charge in [0.1, 0.15) is 0 Å². The molecule has 6 heteroatoms. The van der Waals surface area contributed by atoms with Crippen LogP contribution in [-0.2, 0) is 4.79 Å². The van der Waals surface area contributed by atoms with Crippen LogP contribution in [0.15, 0.2) is 18.2 Å². The fourth-order valence-electron chi connectivity index (χ4n) is 2.56. The van der Waals surface area contributed by atoms with Crippen LogP contribution in [0.25, 0.3) is 0 Å². The molecule has 1 aliphatic heterocycles. The van der Waals surface area contributed by atoms with E-state index < -0.39 is 5.97 Å². The van der Waals surface area contributed by atoms with Crippen molar-refractivity contribution in [1.82, 2.24) is 5.32 Å². The minimum Gasteiger partial charge on any atom is -0.478 e. The monoisotopic (exact) mass is 277 g/mol. The Balaban J connectivity index is 2.07. The van der Waals surface area contributed by atoms with Gasteiger partial charge in [0.05, 0.1) is 16.9 Å². The molecule has 108 valence electrons. The van der Waals surface area contributed by atoms with Crippen LogP contribution in [0.1, 0.15) is 23.2 Å². The first-order chi connectivity index (χ1) is 9.52. The quantitative estimate of drug-likeness (QED) is 0.714. The number of carboxylic acid groups (broad SMARTS) is 1. The lowest BCUT2D eigenvalue weighted by atomic mass is 9.95. The van der Waals surface area contributed by atoms with Gasteiger partial charge in [0.2, 0.25) is 5.91 Å². The van der Waals surface area contributed by atoms with Gasteiger partial charge >= 0.3 is 5.97 Å². The molecule has 0 radical (unpaired) electrons. The number of amides is 1. The standard InChI is InChI=1S/C14H19N3O3/c1-16-13(18)9-4-6-17(7-5-9)12-3-2-10(14(19)20)8-11(12)15/h2-3,8-9H,4-7,15H2,1H3,(H,16,18)(H,19,20). The summed E-state index contributed by atoms with van der Waals surface area (Å²) in [6, 6.07) is 4.76. The van der Waals surface area contributed by atoms with Crippen LogP contribution in [-0.4, -0.2) is 37.1 Å². The summed E-state index contributed by atoms with van der Waals surface area (Å²) in [5.41, 5.74) is 7.41. The second kappa shape index (κ2) is 5.81. The Bertz CT molecular complexity index is 522. The zero-order valence-electron chi connectivity index (χ0n) is 11.4. The average Bonchev–Trinajstić information content (AvgIpc) is 2.46. The lowest BCUT2D eigenvalue weighted by molar-refractivity contribution is -0.125.